The Morgan fingerprint density at radius 3 is 2.48 bits per heavy atom. The van der Waals surface area contributed by atoms with E-state index in [4.69, 9.17) is 33.0 Å². The highest BCUT2D eigenvalue weighted by atomic mass is 35.5. The third-order valence-corrected chi connectivity index (χ3v) is 5.95. The van der Waals surface area contributed by atoms with Crippen LogP contribution in [0.2, 0.25) is 10.0 Å². The van der Waals surface area contributed by atoms with Gasteiger partial charge in [0.1, 0.15) is 5.82 Å². The van der Waals surface area contributed by atoms with Gasteiger partial charge in [0.2, 0.25) is 0 Å². The Labute approximate surface area is 175 Å². The van der Waals surface area contributed by atoms with Crippen molar-refractivity contribution in [3.05, 3.63) is 51.5 Å². The third-order valence-electron chi connectivity index (χ3n) is 5.45. The summed E-state index contributed by atoms with van der Waals surface area (Å²) in [5.41, 5.74) is 0.346. The molecule has 1 aliphatic heterocycles. The van der Waals surface area contributed by atoms with Gasteiger partial charge in [0.05, 0.1) is 23.9 Å². The smallest absolute Gasteiger partial charge is 0.357 e. The molecule has 1 aromatic carbocycles. The summed E-state index contributed by atoms with van der Waals surface area (Å²) in [4.78, 5) is 25.3. The number of carboxylic acids is 1. The lowest BCUT2D eigenvalue weighted by atomic mass is 10.0. The SMILES string of the molecule is O=C(O)c1nn(C(=O)N2C[C@H]3C[C@H](OCc4cc(F)cc(Cl)c4)C[C@H]3C2)cc1Cl. The lowest BCUT2D eigenvalue weighted by Crippen LogP contribution is -2.34. The van der Waals surface area contributed by atoms with Crippen LogP contribution in [0.3, 0.4) is 0 Å². The van der Waals surface area contributed by atoms with Gasteiger partial charge in [0, 0.05) is 18.1 Å². The minimum Gasteiger partial charge on any atom is -0.476 e. The first-order chi connectivity index (χ1) is 13.8. The topological polar surface area (TPSA) is 84.7 Å². The van der Waals surface area contributed by atoms with Crippen LogP contribution in [0, 0.1) is 17.7 Å². The van der Waals surface area contributed by atoms with Crippen molar-refractivity contribution in [2.75, 3.05) is 13.1 Å². The van der Waals surface area contributed by atoms with Crippen LogP contribution in [0.15, 0.2) is 24.4 Å². The Hall–Kier alpha value is -2.16. The maximum atomic E-state index is 13.4. The molecule has 10 heteroatoms. The fraction of sp³-hybridized carbons (Fsp3) is 0.421. The zero-order valence-corrected chi connectivity index (χ0v) is 16.7. The minimum absolute atomic E-state index is 0.0436. The monoisotopic (exact) mass is 441 g/mol. The van der Waals surface area contributed by atoms with E-state index in [0.717, 1.165) is 17.5 Å². The number of carbonyl (C=O) groups is 2. The number of rotatable bonds is 4. The van der Waals surface area contributed by atoms with Crippen LogP contribution in [0.1, 0.15) is 28.9 Å². The summed E-state index contributed by atoms with van der Waals surface area (Å²) in [5, 5.41) is 13.1. The molecule has 2 fully saturated rings. The molecule has 1 N–H and O–H groups in total. The van der Waals surface area contributed by atoms with Gasteiger partial charge >= 0.3 is 12.0 Å². The van der Waals surface area contributed by atoms with E-state index in [0.29, 0.717) is 35.5 Å². The number of nitrogens with zero attached hydrogens (tertiary/aromatic N) is 3. The molecule has 0 unspecified atom stereocenters. The molecule has 7 nitrogen and oxygen atoms in total. The maximum Gasteiger partial charge on any atom is 0.357 e. The number of hydrogen-bond acceptors (Lipinski definition) is 4. The van der Waals surface area contributed by atoms with Crippen LogP contribution in [0.4, 0.5) is 9.18 Å². The first-order valence-electron chi connectivity index (χ1n) is 9.14. The number of hydrogen-bond donors (Lipinski definition) is 1. The first-order valence-corrected chi connectivity index (χ1v) is 9.90. The summed E-state index contributed by atoms with van der Waals surface area (Å²) in [6.07, 6.45) is 2.87. The number of fused-ring (bicyclic) bond motifs is 1. The number of aromatic carboxylic acids is 1. The van der Waals surface area contributed by atoms with E-state index >= 15 is 0 Å². The number of carbonyl (C=O) groups excluding carboxylic acids is 1. The molecule has 2 heterocycles. The Morgan fingerprint density at radius 1 is 1.21 bits per heavy atom. The number of aromatic nitrogens is 2. The van der Waals surface area contributed by atoms with E-state index in [-0.39, 0.29) is 29.5 Å². The number of benzene rings is 1. The Morgan fingerprint density at radius 2 is 1.90 bits per heavy atom. The molecule has 154 valence electrons. The molecule has 0 bridgehead atoms. The van der Waals surface area contributed by atoms with Crippen LogP contribution in [-0.4, -0.2) is 51.0 Å². The largest absolute Gasteiger partial charge is 0.476 e. The molecule has 2 aliphatic rings. The van der Waals surface area contributed by atoms with Crippen molar-refractivity contribution >= 4 is 35.2 Å². The lowest BCUT2D eigenvalue weighted by Gasteiger charge is -2.19. The van der Waals surface area contributed by atoms with Gasteiger partial charge in [-0.1, -0.05) is 23.2 Å². The van der Waals surface area contributed by atoms with E-state index in [1.54, 1.807) is 11.0 Å². The van der Waals surface area contributed by atoms with Crippen molar-refractivity contribution in [2.24, 2.45) is 11.8 Å². The van der Waals surface area contributed by atoms with Gasteiger partial charge in [-0.25, -0.2) is 14.0 Å². The van der Waals surface area contributed by atoms with Gasteiger partial charge < -0.3 is 14.7 Å². The van der Waals surface area contributed by atoms with Crippen molar-refractivity contribution < 1.29 is 23.8 Å². The molecule has 1 aliphatic carbocycles. The summed E-state index contributed by atoms with van der Waals surface area (Å²) in [5.74, 6) is -1.08. The van der Waals surface area contributed by atoms with Gasteiger partial charge in [-0.15, -0.1) is 0 Å². The second-order valence-electron chi connectivity index (χ2n) is 7.47. The zero-order chi connectivity index (χ0) is 20.7. The molecule has 0 radical (unpaired) electrons. The maximum absolute atomic E-state index is 13.4. The fourth-order valence-electron chi connectivity index (χ4n) is 4.19. The third kappa shape index (κ3) is 4.24. The number of likely N-dealkylation sites (tertiary alicyclic amines) is 1. The Kier molecular flexibility index (Phi) is 5.50. The van der Waals surface area contributed by atoms with Crippen LogP contribution >= 0.6 is 23.2 Å². The Balaban J connectivity index is 1.32. The highest BCUT2D eigenvalue weighted by molar-refractivity contribution is 6.33. The summed E-state index contributed by atoms with van der Waals surface area (Å²) < 4.78 is 20.3. The molecule has 0 spiro atoms. The van der Waals surface area contributed by atoms with Gasteiger partial charge in [-0.3, -0.25) is 0 Å². The predicted octanol–water partition coefficient (Wildman–Crippen LogP) is 3.92. The summed E-state index contributed by atoms with van der Waals surface area (Å²) in [6, 6.07) is 3.95. The molecule has 29 heavy (non-hydrogen) atoms. The summed E-state index contributed by atoms with van der Waals surface area (Å²) in [6.45, 7) is 1.39. The molecule has 1 aromatic heterocycles. The van der Waals surface area contributed by atoms with Crippen molar-refractivity contribution in [1.29, 1.82) is 0 Å². The van der Waals surface area contributed by atoms with Gasteiger partial charge in [-0.05, 0) is 48.4 Å². The number of amides is 1. The minimum atomic E-state index is -1.28. The van der Waals surface area contributed by atoms with Crippen LogP contribution in [-0.2, 0) is 11.3 Å². The molecule has 1 saturated heterocycles. The van der Waals surface area contributed by atoms with E-state index in [2.05, 4.69) is 5.10 Å². The summed E-state index contributed by atoms with van der Waals surface area (Å²) >= 11 is 11.7. The van der Waals surface area contributed by atoms with Crippen molar-refractivity contribution in [3.63, 3.8) is 0 Å². The molecular formula is C19H18Cl2FN3O4. The summed E-state index contributed by atoms with van der Waals surface area (Å²) in [7, 11) is 0. The molecule has 3 atom stereocenters. The highest BCUT2D eigenvalue weighted by Crippen LogP contribution is 2.40. The number of carboxylic acid groups (broad SMARTS) is 1. The second kappa shape index (κ2) is 7.93. The predicted molar refractivity (Wildman–Crippen MR) is 103 cm³/mol. The quantitative estimate of drug-likeness (QED) is 0.776. The van der Waals surface area contributed by atoms with Crippen LogP contribution < -0.4 is 0 Å². The second-order valence-corrected chi connectivity index (χ2v) is 8.31. The first kappa shape index (κ1) is 20.1. The van der Waals surface area contributed by atoms with Gasteiger partial charge in [-0.2, -0.15) is 9.78 Å². The van der Waals surface area contributed by atoms with Crippen LogP contribution in [0.25, 0.3) is 0 Å². The molecule has 2 aromatic rings. The van der Waals surface area contributed by atoms with E-state index in [9.17, 15) is 14.0 Å². The van der Waals surface area contributed by atoms with E-state index in [1.165, 1.54) is 18.3 Å². The molecule has 4 rings (SSSR count). The average molecular weight is 442 g/mol. The zero-order valence-electron chi connectivity index (χ0n) is 15.2. The normalized spacial score (nSPS) is 23.4. The molecule has 1 amide bonds. The highest BCUT2D eigenvalue weighted by Gasteiger charge is 2.43. The Bertz CT molecular complexity index is 933. The fourth-order valence-corrected chi connectivity index (χ4v) is 4.64. The van der Waals surface area contributed by atoms with Crippen molar-refractivity contribution in [2.45, 2.75) is 25.6 Å². The van der Waals surface area contributed by atoms with Crippen molar-refractivity contribution in [3.8, 4) is 0 Å². The number of ether oxygens (including phenoxy) is 1. The van der Waals surface area contributed by atoms with E-state index < -0.39 is 11.8 Å². The van der Waals surface area contributed by atoms with Crippen LogP contribution in [0.5, 0.6) is 0 Å². The van der Waals surface area contributed by atoms with Gasteiger partial charge in [0.15, 0.2) is 5.69 Å². The lowest BCUT2D eigenvalue weighted by molar-refractivity contribution is 0.0382. The molecular weight excluding hydrogens is 424 g/mol. The number of halogens is 3. The van der Waals surface area contributed by atoms with Crippen molar-refractivity contribution in [1.82, 2.24) is 14.7 Å². The van der Waals surface area contributed by atoms with Gasteiger partial charge in [0.25, 0.3) is 0 Å². The average Bonchev–Trinajstić information content (AvgIpc) is 3.31. The molecule has 1 saturated carbocycles. The van der Waals surface area contributed by atoms with E-state index in [1.807, 2.05) is 0 Å². The standard InChI is InChI=1S/C19H18Cl2FN3O4/c20-13-1-10(2-14(22)5-13)9-29-15-3-11-6-24(7-12(11)4-15)19(28)25-8-16(21)17(23-25)18(26)27/h1-2,5,8,11-12,15H,3-4,6-7,9H2,(H,26,27)/t11-,12+,15+.